The molecule has 1 fully saturated rings. The van der Waals surface area contributed by atoms with Crippen LogP contribution in [0.2, 0.25) is 0 Å². The molecule has 142 valence electrons. The number of rotatable bonds is 4. The van der Waals surface area contributed by atoms with E-state index in [1.165, 1.54) is 27.8 Å². The van der Waals surface area contributed by atoms with Gasteiger partial charge in [-0.25, -0.2) is 9.69 Å². The first-order chi connectivity index (χ1) is 12.9. The number of amides is 1. The van der Waals surface area contributed by atoms with Crippen molar-refractivity contribution in [3.8, 4) is 5.69 Å². The summed E-state index contributed by atoms with van der Waals surface area (Å²) in [6, 6.07) is 7.30. The highest BCUT2D eigenvalue weighted by atomic mass is 16.6. The van der Waals surface area contributed by atoms with Crippen LogP contribution in [0.1, 0.15) is 16.2 Å². The summed E-state index contributed by atoms with van der Waals surface area (Å²) in [5.74, 6) is -0.619. The van der Waals surface area contributed by atoms with Crippen molar-refractivity contribution in [2.45, 2.75) is 6.92 Å². The zero-order valence-corrected chi connectivity index (χ0v) is 15.1. The van der Waals surface area contributed by atoms with Crippen LogP contribution in [0.4, 0.5) is 5.69 Å². The maximum Gasteiger partial charge on any atom is 0.294 e. The summed E-state index contributed by atoms with van der Waals surface area (Å²) in [4.78, 5) is 37.0. The van der Waals surface area contributed by atoms with Crippen LogP contribution >= 0.6 is 0 Å². The van der Waals surface area contributed by atoms with Crippen molar-refractivity contribution in [3.05, 3.63) is 62.1 Å². The Hall–Kier alpha value is -3.11. The molecule has 1 aromatic heterocycles. The van der Waals surface area contributed by atoms with Crippen molar-refractivity contribution >= 4 is 11.6 Å². The molecule has 2 heterocycles. The molecule has 2 aromatic rings. The third-order valence-corrected chi connectivity index (χ3v) is 4.51. The predicted molar refractivity (Wildman–Crippen MR) is 96.9 cm³/mol. The molecule has 10 heteroatoms. The van der Waals surface area contributed by atoms with Crippen molar-refractivity contribution in [1.29, 1.82) is 0 Å². The highest BCUT2D eigenvalue weighted by molar-refractivity contribution is 5.91. The van der Waals surface area contributed by atoms with E-state index in [9.17, 15) is 19.7 Å². The molecular formula is C17H21N6O4+. The van der Waals surface area contributed by atoms with E-state index in [0.29, 0.717) is 18.8 Å². The van der Waals surface area contributed by atoms with Crippen molar-refractivity contribution in [1.82, 2.24) is 20.2 Å². The minimum atomic E-state index is -0.619. The van der Waals surface area contributed by atoms with Gasteiger partial charge >= 0.3 is 0 Å². The third kappa shape index (κ3) is 4.01. The minimum Gasteiger partial charge on any atom is -0.335 e. The molecule has 2 N–H and O–H groups in total. The second-order valence-electron chi connectivity index (χ2n) is 6.54. The molecule has 0 radical (unpaired) electrons. The van der Waals surface area contributed by atoms with E-state index in [2.05, 4.69) is 17.6 Å². The van der Waals surface area contributed by atoms with Crippen molar-refractivity contribution in [2.75, 3.05) is 33.2 Å². The molecule has 10 nitrogen and oxygen atoms in total. The van der Waals surface area contributed by atoms with Crippen molar-refractivity contribution < 1.29 is 14.6 Å². The Bertz CT molecular complexity index is 933. The van der Waals surface area contributed by atoms with Gasteiger partial charge in [0.05, 0.1) is 38.2 Å². The smallest absolute Gasteiger partial charge is 0.294 e. The topological polar surface area (TPSA) is 115 Å². The van der Waals surface area contributed by atoms with Crippen molar-refractivity contribution in [2.24, 2.45) is 0 Å². The summed E-state index contributed by atoms with van der Waals surface area (Å²) in [6.07, 6.45) is 0. The monoisotopic (exact) mass is 373 g/mol. The van der Waals surface area contributed by atoms with Crippen LogP contribution in [0.25, 0.3) is 5.69 Å². The molecule has 0 saturated carbocycles. The van der Waals surface area contributed by atoms with Crippen LogP contribution in [0, 0.1) is 17.0 Å². The fourth-order valence-corrected chi connectivity index (χ4v) is 2.94. The Labute approximate surface area is 155 Å². The van der Waals surface area contributed by atoms with Gasteiger partial charge in [-0.1, -0.05) is 12.1 Å². The number of likely N-dealkylation sites (N-methyl/N-ethyl adjacent to an activating group) is 1. The number of aromatic nitrogens is 2. The Morgan fingerprint density at radius 1 is 1.30 bits per heavy atom. The van der Waals surface area contributed by atoms with E-state index in [4.69, 9.17) is 0 Å². The Kier molecular flexibility index (Phi) is 5.28. The lowest BCUT2D eigenvalue weighted by molar-refractivity contribution is -0.884. The number of benzene rings is 1. The number of nitro benzene ring substituents is 1. The number of hydrazine groups is 1. The van der Waals surface area contributed by atoms with Gasteiger partial charge in [-0.05, 0) is 13.0 Å². The summed E-state index contributed by atoms with van der Waals surface area (Å²) in [6.45, 7) is 4.70. The number of nitrogens with zero attached hydrogens (tertiary/aromatic N) is 4. The second kappa shape index (κ2) is 7.64. The Morgan fingerprint density at radius 2 is 1.96 bits per heavy atom. The first kappa shape index (κ1) is 18.7. The number of carbonyl (C=O) groups excluding carboxylic acids is 1. The molecule has 0 aliphatic carbocycles. The third-order valence-electron chi connectivity index (χ3n) is 4.51. The molecule has 1 aromatic carbocycles. The number of aryl methyl sites for hydroxylation is 1. The Morgan fingerprint density at radius 3 is 2.63 bits per heavy atom. The first-order valence-corrected chi connectivity index (χ1v) is 8.59. The number of nitro groups is 1. The number of hydrogen-bond donors (Lipinski definition) is 2. The van der Waals surface area contributed by atoms with Crippen LogP contribution in [0.15, 0.2) is 35.1 Å². The minimum absolute atomic E-state index is 0.162. The fraction of sp³-hybridized carbons (Fsp3) is 0.353. The van der Waals surface area contributed by atoms with Gasteiger partial charge in [0.2, 0.25) is 5.43 Å². The number of carbonyl (C=O) groups is 1. The van der Waals surface area contributed by atoms with Gasteiger partial charge in [-0.15, -0.1) is 0 Å². The SMILES string of the molecule is Cc1cc(=O)c(C(=O)NN2CC[NH+](C)CC2)nn1-c1ccccc1[N+](=O)[O-]. The van der Waals surface area contributed by atoms with E-state index in [1.54, 1.807) is 24.1 Å². The lowest BCUT2D eigenvalue weighted by Crippen LogP contribution is -3.12. The standard InChI is InChI=1S/C17H20N6O4/c1-12-11-15(24)16(17(25)19-21-9-7-20(2)8-10-21)18-22(12)13-5-3-4-6-14(13)23(26)27/h3-6,11H,7-10H2,1-2H3,(H,19,25)/p+1. The van der Waals surface area contributed by atoms with Crippen molar-refractivity contribution in [3.63, 3.8) is 0 Å². The van der Waals surface area contributed by atoms with Gasteiger partial charge in [-0.3, -0.25) is 25.1 Å². The number of para-hydroxylation sites is 2. The maximum absolute atomic E-state index is 12.6. The number of nitrogens with one attached hydrogen (secondary N) is 2. The van der Waals surface area contributed by atoms with Crippen LogP contribution in [0.5, 0.6) is 0 Å². The molecule has 1 aliphatic rings. The highest BCUT2D eigenvalue weighted by Crippen LogP contribution is 2.22. The highest BCUT2D eigenvalue weighted by Gasteiger charge is 2.23. The quantitative estimate of drug-likeness (QED) is 0.521. The maximum atomic E-state index is 12.6. The molecule has 1 aliphatic heterocycles. The van der Waals surface area contributed by atoms with Gasteiger partial charge in [0.25, 0.3) is 11.6 Å². The van der Waals surface area contributed by atoms with Crippen LogP contribution in [-0.4, -0.2) is 58.8 Å². The average molecular weight is 373 g/mol. The van der Waals surface area contributed by atoms with Gasteiger partial charge in [-0.2, -0.15) is 5.10 Å². The molecular weight excluding hydrogens is 352 g/mol. The van der Waals surface area contributed by atoms with Crippen LogP contribution in [-0.2, 0) is 0 Å². The van der Waals surface area contributed by atoms with E-state index in [0.717, 1.165) is 13.1 Å². The summed E-state index contributed by atoms with van der Waals surface area (Å²) < 4.78 is 1.25. The van der Waals surface area contributed by atoms with E-state index in [1.807, 2.05) is 0 Å². The largest absolute Gasteiger partial charge is 0.335 e. The number of piperazine rings is 1. The summed E-state index contributed by atoms with van der Waals surface area (Å²) in [7, 11) is 2.08. The molecule has 27 heavy (non-hydrogen) atoms. The second-order valence-corrected chi connectivity index (χ2v) is 6.54. The van der Waals surface area contributed by atoms with Gasteiger partial charge < -0.3 is 4.90 Å². The van der Waals surface area contributed by atoms with E-state index < -0.39 is 16.3 Å². The normalized spacial score (nSPS) is 15.5. The molecule has 0 atom stereocenters. The zero-order valence-electron chi connectivity index (χ0n) is 15.1. The van der Waals surface area contributed by atoms with Gasteiger partial charge in [0.1, 0.15) is 5.69 Å². The average Bonchev–Trinajstić information content (AvgIpc) is 2.63. The molecule has 1 saturated heterocycles. The fourth-order valence-electron chi connectivity index (χ4n) is 2.94. The first-order valence-electron chi connectivity index (χ1n) is 8.59. The summed E-state index contributed by atoms with van der Waals surface area (Å²) in [5.41, 5.74) is 2.30. The number of quaternary nitrogens is 1. The zero-order chi connectivity index (χ0) is 19.6. The van der Waals surface area contributed by atoms with Crippen LogP contribution < -0.4 is 15.8 Å². The lowest BCUT2D eigenvalue weighted by atomic mass is 10.2. The molecule has 1 amide bonds. The van der Waals surface area contributed by atoms with E-state index >= 15 is 0 Å². The van der Waals surface area contributed by atoms with Gasteiger partial charge in [0.15, 0.2) is 5.69 Å². The molecule has 0 unspecified atom stereocenters. The summed E-state index contributed by atoms with van der Waals surface area (Å²) in [5, 5.41) is 17.2. The molecule has 0 bridgehead atoms. The lowest BCUT2D eigenvalue weighted by Gasteiger charge is -2.29. The predicted octanol–water partition coefficient (Wildman–Crippen LogP) is -1.08. The summed E-state index contributed by atoms with van der Waals surface area (Å²) >= 11 is 0. The van der Waals surface area contributed by atoms with Crippen LogP contribution in [0.3, 0.4) is 0 Å². The molecule has 3 rings (SSSR count). The Balaban J connectivity index is 1.94. The van der Waals surface area contributed by atoms with Gasteiger partial charge in [0, 0.05) is 17.8 Å². The van der Waals surface area contributed by atoms with E-state index in [-0.39, 0.29) is 17.1 Å². The molecule has 0 spiro atoms. The number of hydrogen-bond acceptors (Lipinski definition) is 6.